The quantitative estimate of drug-likeness (QED) is 0.288. The minimum Gasteiger partial charge on any atom is -0.456 e. The number of benzene rings is 4. The number of hydrogen-bond donors (Lipinski definition) is 0. The van der Waals surface area contributed by atoms with Gasteiger partial charge in [-0.15, -0.1) is 0 Å². The highest BCUT2D eigenvalue weighted by Gasteiger charge is 2.16. The van der Waals surface area contributed by atoms with Crippen molar-refractivity contribution in [3.8, 4) is 0 Å². The van der Waals surface area contributed by atoms with Crippen molar-refractivity contribution in [2.24, 2.45) is 7.05 Å². The number of furan rings is 2. The normalized spacial score (nSPS) is 12.5. The standard InChI is InChI=1S/C25H15NO2/c1-26-20-10-18-14-6-2-4-8-22(14)27-24(18)12-16(20)17-13-25-19(11-21(17)26)15-7-3-5-9-23(15)28-25/h2-13H,1H3. The van der Waals surface area contributed by atoms with Crippen molar-refractivity contribution in [2.75, 3.05) is 0 Å². The maximum atomic E-state index is 6.12. The average Bonchev–Trinajstić information content (AvgIpc) is 3.35. The van der Waals surface area contributed by atoms with Gasteiger partial charge in [0.2, 0.25) is 0 Å². The lowest BCUT2D eigenvalue weighted by molar-refractivity contribution is 0.669. The molecule has 0 bridgehead atoms. The Hall–Kier alpha value is -3.72. The Morgan fingerprint density at radius 2 is 0.964 bits per heavy atom. The molecule has 0 saturated carbocycles. The van der Waals surface area contributed by atoms with E-state index in [0.29, 0.717) is 0 Å². The van der Waals surface area contributed by atoms with Crippen LogP contribution in [-0.4, -0.2) is 4.57 Å². The lowest BCUT2D eigenvalue weighted by Crippen LogP contribution is -1.86. The van der Waals surface area contributed by atoms with Crippen molar-refractivity contribution in [1.29, 1.82) is 0 Å². The molecule has 0 N–H and O–H groups in total. The zero-order valence-corrected chi connectivity index (χ0v) is 15.2. The van der Waals surface area contributed by atoms with E-state index in [4.69, 9.17) is 8.83 Å². The van der Waals surface area contributed by atoms with Crippen LogP contribution in [0.15, 0.2) is 81.6 Å². The van der Waals surface area contributed by atoms with Crippen LogP contribution < -0.4 is 0 Å². The van der Waals surface area contributed by atoms with Crippen molar-refractivity contribution in [2.45, 2.75) is 0 Å². The summed E-state index contributed by atoms with van der Waals surface area (Å²) in [5, 5.41) is 7.00. The molecule has 3 nitrogen and oxygen atoms in total. The average molecular weight is 361 g/mol. The molecule has 0 spiro atoms. The largest absolute Gasteiger partial charge is 0.456 e. The molecule has 0 atom stereocenters. The van der Waals surface area contributed by atoms with E-state index in [2.05, 4.69) is 60.1 Å². The predicted molar refractivity (Wildman–Crippen MR) is 115 cm³/mol. The monoisotopic (exact) mass is 361 g/mol. The fraction of sp³-hybridized carbons (Fsp3) is 0.0400. The number of fused-ring (bicyclic) bond motifs is 9. The third-order valence-corrected chi connectivity index (χ3v) is 6.00. The molecule has 7 rings (SSSR count). The maximum Gasteiger partial charge on any atom is 0.136 e. The molecule has 0 radical (unpaired) electrons. The Morgan fingerprint density at radius 1 is 0.500 bits per heavy atom. The minimum absolute atomic E-state index is 0.922. The summed E-state index contributed by atoms with van der Waals surface area (Å²) in [6, 6.07) is 25.3. The van der Waals surface area contributed by atoms with Gasteiger partial charge in [0.15, 0.2) is 0 Å². The molecule has 0 unspecified atom stereocenters. The second-order valence-electron chi connectivity index (χ2n) is 7.49. The van der Waals surface area contributed by atoms with Crippen LogP contribution in [-0.2, 0) is 7.05 Å². The van der Waals surface area contributed by atoms with Crippen molar-refractivity contribution < 1.29 is 8.83 Å². The van der Waals surface area contributed by atoms with Crippen LogP contribution in [0.25, 0.3) is 65.7 Å². The number of nitrogens with zero attached hydrogens (tertiary/aromatic N) is 1. The van der Waals surface area contributed by atoms with Gasteiger partial charge in [0.05, 0.1) is 0 Å². The Bertz CT molecular complexity index is 1600. The fourth-order valence-electron chi connectivity index (χ4n) is 4.64. The molecule has 7 aromatic rings. The van der Waals surface area contributed by atoms with E-state index in [1.165, 1.54) is 21.8 Å². The van der Waals surface area contributed by atoms with Crippen molar-refractivity contribution in [1.82, 2.24) is 4.57 Å². The molecule has 3 aromatic heterocycles. The topological polar surface area (TPSA) is 31.2 Å². The van der Waals surface area contributed by atoms with Gasteiger partial charge in [-0.25, -0.2) is 0 Å². The van der Waals surface area contributed by atoms with Gasteiger partial charge < -0.3 is 13.4 Å². The summed E-state index contributed by atoms with van der Waals surface area (Å²) in [6.07, 6.45) is 0. The third kappa shape index (κ3) is 1.65. The Morgan fingerprint density at radius 3 is 1.46 bits per heavy atom. The van der Waals surface area contributed by atoms with E-state index in [9.17, 15) is 0 Å². The van der Waals surface area contributed by atoms with Crippen LogP contribution in [0.3, 0.4) is 0 Å². The Kier molecular flexibility index (Phi) is 2.44. The van der Waals surface area contributed by atoms with Crippen molar-refractivity contribution >= 4 is 65.7 Å². The summed E-state index contributed by atoms with van der Waals surface area (Å²) in [6.45, 7) is 0. The summed E-state index contributed by atoms with van der Waals surface area (Å²) in [5.74, 6) is 0. The first-order valence-electron chi connectivity index (χ1n) is 9.43. The van der Waals surface area contributed by atoms with Crippen LogP contribution >= 0.6 is 0 Å². The highest BCUT2D eigenvalue weighted by molar-refractivity contribution is 6.20. The lowest BCUT2D eigenvalue weighted by Gasteiger charge is -1.98. The van der Waals surface area contributed by atoms with Gasteiger partial charge in [0, 0.05) is 50.4 Å². The molecule has 0 aliphatic carbocycles. The second-order valence-corrected chi connectivity index (χ2v) is 7.49. The summed E-state index contributed by atoms with van der Waals surface area (Å²) >= 11 is 0. The molecule has 28 heavy (non-hydrogen) atoms. The van der Waals surface area contributed by atoms with Gasteiger partial charge in [0.25, 0.3) is 0 Å². The summed E-state index contributed by atoms with van der Waals surface area (Å²) < 4.78 is 14.5. The highest BCUT2D eigenvalue weighted by Crippen LogP contribution is 2.39. The van der Waals surface area contributed by atoms with Gasteiger partial charge >= 0.3 is 0 Å². The Balaban J connectivity index is 1.68. The Labute approximate surface area is 159 Å². The summed E-state index contributed by atoms with van der Waals surface area (Å²) in [5.41, 5.74) is 6.10. The highest BCUT2D eigenvalue weighted by atomic mass is 16.3. The van der Waals surface area contributed by atoms with E-state index in [0.717, 1.165) is 43.9 Å². The fourth-order valence-corrected chi connectivity index (χ4v) is 4.64. The first-order chi connectivity index (χ1) is 13.8. The summed E-state index contributed by atoms with van der Waals surface area (Å²) in [7, 11) is 2.13. The summed E-state index contributed by atoms with van der Waals surface area (Å²) in [4.78, 5) is 0. The van der Waals surface area contributed by atoms with Gasteiger partial charge in [-0.1, -0.05) is 36.4 Å². The van der Waals surface area contributed by atoms with Gasteiger partial charge in [-0.3, -0.25) is 0 Å². The number of para-hydroxylation sites is 2. The molecule has 132 valence electrons. The van der Waals surface area contributed by atoms with E-state index >= 15 is 0 Å². The van der Waals surface area contributed by atoms with Crippen LogP contribution in [0.1, 0.15) is 0 Å². The number of rotatable bonds is 0. The van der Waals surface area contributed by atoms with Crippen molar-refractivity contribution in [3.05, 3.63) is 72.8 Å². The van der Waals surface area contributed by atoms with Gasteiger partial charge in [-0.2, -0.15) is 0 Å². The van der Waals surface area contributed by atoms with E-state index < -0.39 is 0 Å². The molecule has 0 aliphatic heterocycles. The molecule has 4 aromatic carbocycles. The van der Waals surface area contributed by atoms with Gasteiger partial charge in [-0.05, 0) is 36.4 Å². The van der Waals surface area contributed by atoms with E-state index in [-0.39, 0.29) is 0 Å². The first-order valence-corrected chi connectivity index (χ1v) is 9.43. The van der Waals surface area contributed by atoms with Crippen LogP contribution in [0.2, 0.25) is 0 Å². The van der Waals surface area contributed by atoms with E-state index in [1.54, 1.807) is 0 Å². The lowest BCUT2D eigenvalue weighted by atomic mass is 10.1. The number of aryl methyl sites for hydroxylation is 1. The molecule has 0 aliphatic rings. The molecule has 3 heterocycles. The maximum absolute atomic E-state index is 6.12. The second kappa shape index (κ2) is 4.76. The zero-order chi connectivity index (χ0) is 18.4. The van der Waals surface area contributed by atoms with Crippen molar-refractivity contribution in [3.63, 3.8) is 0 Å². The van der Waals surface area contributed by atoms with Gasteiger partial charge in [0.1, 0.15) is 22.3 Å². The molecule has 0 saturated heterocycles. The predicted octanol–water partition coefficient (Wildman–Crippen LogP) is 7.13. The molecule has 3 heteroatoms. The van der Waals surface area contributed by atoms with Crippen LogP contribution in [0.5, 0.6) is 0 Å². The third-order valence-electron chi connectivity index (χ3n) is 6.00. The van der Waals surface area contributed by atoms with Crippen LogP contribution in [0.4, 0.5) is 0 Å². The molecule has 0 amide bonds. The smallest absolute Gasteiger partial charge is 0.136 e. The number of hydrogen-bond acceptors (Lipinski definition) is 2. The molecular formula is C25H15NO2. The number of aromatic nitrogens is 1. The molecule has 0 fully saturated rings. The zero-order valence-electron chi connectivity index (χ0n) is 15.2. The van der Waals surface area contributed by atoms with E-state index in [1.807, 2.05) is 24.3 Å². The SMILES string of the molecule is Cn1c2cc3c(cc2c2cc4oc5ccccc5c4cc21)oc1ccccc13. The minimum atomic E-state index is 0.922. The molecular weight excluding hydrogens is 346 g/mol. The van der Waals surface area contributed by atoms with Crippen LogP contribution in [0, 0.1) is 0 Å². The first kappa shape index (κ1) is 14.4.